The lowest BCUT2D eigenvalue weighted by Gasteiger charge is -2.25. The molecule has 1 aliphatic carbocycles. The lowest BCUT2D eigenvalue weighted by molar-refractivity contribution is 0.0950. The highest BCUT2D eigenvalue weighted by atomic mass is 16.1. The number of ketones is 1. The Balaban J connectivity index is 2.03. The molecule has 0 N–H and O–H groups in total. The number of Topliss-reactive ketones (excluding diaryl/α,β-unsaturated/α-hetero) is 1. The molecule has 0 radical (unpaired) electrons. The molecule has 1 aliphatic rings. The van der Waals surface area contributed by atoms with E-state index in [4.69, 9.17) is 0 Å². The summed E-state index contributed by atoms with van der Waals surface area (Å²) in [7, 11) is 0. The molecule has 2 aromatic rings. The molecule has 21 heavy (non-hydrogen) atoms. The summed E-state index contributed by atoms with van der Waals surface area (Å²) in [6.07, 6.45) is 3.19. The van der Waals surface area contributed by atoms with Gasteiger partial charge in [-0.15, -0.1) is 0 Å². The van der Waals surface area contributed by atoms with E-state index in [0.717, 1.165) is 30.4 Å². The molecule has 1 unspecified atom stereocenters. The van der Waals surface area contributed by atoms with E-state index in [2.05, 4.69) is 57.2 Å². The van der Waals surface area contributed by atoms with Crippen LogP contribution in [0.3, 0.4) is 0 Å². The van der Waals surface area contributed by atoms with Gasteiger partial charge in [0.25, 0.3) is 0 Å². The standard InChI is InChI=1S/C20H22O/c1-13-11-15(3)19(12-14(13)2)20(21)18-10-6-8-16-7-4-5-9-17(16)18/h4-5,7,9,11-12,18H,6,8,10H2,1-3H3. The molecular formula is C20H22O. The second-order valence-electron chi connectivity index (χ2n) is 6.26. The quantitative estimate of drug-likeness (QED) is 0.713. The number of aryl methyl sites for hydroxylation is 4. The average molecular weight is 278 g/mol. The molecule has 0 aliphatic heterocycles. The summed E-state index contributed by atoms with van der Waals surface area (Å²) in [5.41, 5.74) is 7.06. The number of carbonyl (C=O) groups is 1. The lowest BCUT2D eigenvalue weighted by Crippen LogP contribution is -2.19. The van der Waals surface area contributed by atoms with Crippen molar-refractivity contribution in [1.29, 1.82) is 0 Å². The molecule has 2 aromatic carbocycles. The van der Waals surface area contributed by atoms with Crippen molar-refractivity contribution in [3.8, 4) is 0 Å². The van der Waals surface area contributed by atoms with Crippen molar-refractivity contribution in [1.82, 2.24) is 0 Å². The van der Waals surface area contributed by atoms with Crippen molar-refractivity contribution < 1.29 is 4.79 Å². The van der Waals surface area contributed by atoms with E-state index in [-0.39, 0.29) is 5.92 Å². The van der Waals surface area contributed by atoms with Crippen LogP contribution in [0.1, 0.15) is 56.9 Å². The highest BCUT2D eigenvalue weighted by Crippen LogP contribution is 2.34. The minimum atomic E-state index is 0.0377. The summed E-state index contributed by atoms with van der Waals surface area (Å²) in [6, 6.07) is 12.6. The van der Waals surface area contributed by atoms with E-state index < -0.39 is 0 Å². The molecule has 0 aromatic heterocycles. The van der Waals surface area contributed by atoms with Gasteiger partial charge in [-0.05, 0) is 73.9 Å². The van der Waals surface area contributed by atoms with Crippen LogP contribution < -0.4 is 0 Å². The second kappa shape index (κ2) is 5.48. The van der Waals surface area contributed by atoms with Crippen LogP contribution in [0.5, 0.6) is 0 Å². The van der Waals surface area contributed by atoms with Crippen molar-refractivity contribution in [3.05, 3.63) is 69.8 Å². The normalized spacial score (nSPS) is 17.4. The zero-order chi connectivity index (χ0) is 15.0. The van der Waals surface area contributed by atoms with Gasteiger partial charge < -0.3 is 0 Å². The SMILES string of the molecule is Cc1cc(C)c(C(=O)C2CCCc3ccccc32)cc1C. The first-order valence-electron chi connectivity index (χ1n) is 7.78. The van der Waals surface area contributed by atoms with Crippen molar-refractivity contribution in [2.45, 2.75) is 46.0 Å². The smallest absolute Gasteiger partial charge is 0.170 e. The molecule has 0 fully saturated rings. The Bertz CT molecular complexity index is 697. The predicted molar refractivity (Wildman–Crippen MR) is 87.1 cm³/mol. The van der Waals surface area contributed by atoms with E-state index in [1.54, 1.807) is 0 Å². The average Bonchev–Trinajstić information content (AvgIpc) is 2.49. The van der Waals surface area contributed by atoms with Gasteiger partial charge in [0.2, 0.25) is 0 Å². The molecule has 0 amide bonds. The van der Waals surface area contributed by atoms with Gasteiger partial charge in [0, 0.05) is 11.5 Å². The molecule has 1 heteroatoms. The fourth-order valence-electron chi connectivity index (χ4n) is 3.44. The van der Waals surface area contributed by atoms with Gasteiger partial charge >= 0.3 is 0 Å². The summed E-state index contributed by atoms with van der Waals surface area (Å²) in [5.74, 6) is 0.332. The van der Waals surface area contributed by atoms with Crippen molar-refractivity contribution >= 4 is 5.78 Å². The van der Waals surface area contributed by atoms with Crippen LogP contribution in [-0.4, -0.2) is 5.78 Å². The van der Waals surface area contributed by atoms with E-state index in [1.807, 2.05) is 0 Å². The summed E-state index contributed by atoms with van der Waals surface area (Å²) in [4.78, 5) is 13.0. The van der Waals surface area contributed by atoms with Gasteiger partial charge in [-0.3, -0.25) is 4.79 Å². The summed E-state index contributed by atoms with van der Waals surface area (Å²) in [5, 5.41) is 0. The molecule has 0 spiro atoms. The van der Waals surface area contributed by atoms with Crippen LogP contribution in [0.15, 0.2) is 36.4 Å². The molecule has 1 atom stereocenters. The molecule has 1 nitrogen and oxygen atoms in total. The van der Waals surface area contributed by atoms with E-state index >= 15 is 0 Å². The predicted octanol–water partition coefficient (Wildman–Crippen LogP) is 4.91. The summed E-state index contributed by atoms with van der Waals surface area (Å²) >= 11 is 0. The second-order valence-corrected chi connectivity index (χ2v) is 6.26. The zero-order valence-electron chi connectivity index (χ0n) is 13.1. The van der Waals surface area contributed by atoms with Gasteiger partial charge in [0.05, 0.1) is 0 Å². The zero-order valence-corrected chi connectivity index (χ0v) is 13.1. The maximum Gasteiger partial charge on any atom is 0.170 e. The fraction of sp³-hybridized carbons (Fsp3) is 0.350. The largest absolute Gasteiger partial charge is 0.293 e. The molecule has 0 saturated carbocycles. The van der Waals surface area contributed by atoms with Crippen LogP contribution in [0.2, 0.25) is 0 Å². The minimum absolute atomic E-state index is 0.0377. The Morgan fingerprint density at radius 3 is 2.52 bits per heavy atom. The van der Waals surface area contributed by atoms with Crippen LogP contribution in [-0.2, 0) is 6.42 Å². The number of hydrogen-bond donors (Lipinski definition) is 0. The highest BCUT2D eigenvalue weighted by Gasteiger charge is 2.27. The molecule has 0 bridgehead atoms. The Kier molecular flexibility index (Phi) is 3.67. The van der Waals surface area contributed by atoms with Crippen molar-refractivity contribution in [2.75, 3.05) is 0 Å². The molecule has 0 saturated heterocycles. The summed E-state index contributed by atoms with van der Waals surface area (Å²) in [6.45, 7) is 6.24. The van der Waals surface area contributed by atoms with Crippen molar-refractivity contribution in [2.24, 2.45) is 0 Å². The third kappa shape index (κ3) is 2.53. The minimum Gasteiger partial charge on any atom is -0.293 e. The molecular weight excluding hydrogens is 256 g/mol. The van der Waals surface area contributed by atoms with Crippen LogP contribution >= 0.6 is 0 Å². The monoisotopic (exact) mass is 278 g/mol. The van der Waals surface area contributed by atoms with Gasteiger partial charge in [-0.2, -0.15) is 0 Å². The first-order chi connectivity index (χ1) is 10.1. The Morgan fingerprint density at radius 2 is 1.71 bits per heavy atom. The third-order valence-corrected chi connectivity index (χ3v) is 4.79. The Hall–Kier alpha value is -1.89. The van der Waals surface area contributed by atoms with Gasteiger partial charge in [0.15, 0.2) is 5.78 Å². The lowest BCUT2D eigenvalue weighted by atomic mass is 9.78. The number of hydrogen-bond acceptors (Lipinski definition) is 1. The third-order valence-electron chi connectivity index (χ3n) is 4.79. The van der Waals surface area contributed by atoms with Crippen LogP contribution in [0.25, 0.3) is 0 Å². The van der Waals surface area contributed by atoms with Gasteiger partial charge in [0.1, 0.15) is 0 Å². The number of benzene rings is 2. The Morgan fingerprint density at radius 1 is 1.00 bits per heavy atom. The molecule has 3 rings (SSSR count). The van der Waals surface area contributed by atoms with E-state index in [0.29, 0.717) is 5.78 Å². The van der Waals surface area contributed by atoms with E-state index in [9.17, 15) is 4.79 Å². The molecule has 0 heterocycles. The number of rotatable bonds is 2. The maximum atomic E-state index is 13.0. The van der Waals surface area contributed by atoms with E-state index in [1.165, 1.54) is 22.3 Å². The van der Waals surface area contributed by atoms with Gasteiger partial charge in [-0.1, -0.05) is 30.3 Å². The number of fused-ring (bicyclic) bond motifs is 1. The fourth-order valence-corrected chi connectivity index (χ4v) is 3.44. The topological polar surface area (TPSA) is 17.1 Å². The maximum absolute atomic E-state index is 13.0. The first-order valence-corrected chi connectivity index (χ1v) is 7.78. The Labute approximate surface area is 127 Å². The van der Waals surface area contributed by atoms with Crippen molar-refractivity contribution in [3.63, 3.8) is 0 Å². The van der Waals surface area contributed by atoms with Gasteiger partial charge in [-0.25, -0.2) is 0 Å². The molecule has 108 valence electrons. The summed E-state index contributed by atoms with van der Waals surface area (Å²) < 4.78 is 0. The van der Waals surface area contributed by atoms with Crippen LogP contribution in [0, 0.1) is 20.8 Å². The highest BCUT2D eigenvalue weighted by molar-refractivity contribution is 6.02. The number of carbonyl (C=O) groups excluding carboxylic acids is 1. The van der Waals surface area contributed by atoms with Crippen LogP contribution in [0.4, 0.5) is 0 Å². The first kappa shape index (κ1) is 14.1.